The van der Waals surface area contributed by atoms with Crippen molar-refractivity contribution in [3.8, 4) is 5.75 Å². The Morgan fingerprint density at radius 1 is 1.00 bits per heavy atom. The molecule has 1 heterocycles. The highest BCUT2D eigenvalue weighted by atomic mass is 32.1. The summed E-state index contributed by atoms with van der Waals surface area (Å²) in [7, 11) is 0. The number of carbonyl (C=O) groups is 1. The molecule has 160 valence electrons. The predicted octanol–water partition coefficient (Wildman–Crippen LogP) is 6.17. The van der Waals surface area contributed by atoms with Crippen LogP contribution in [0.1, 0.15) is 44.8 Å². The molecule has 0 bridgehead atoms. The van der Waals surface area contributed by atoms with Crippen molar-refractivity contribution in [3.63, 3.8) is 0 Å². The number of carbonyl (C=O) groups excluding carboxylic acids is 1. The number of nitrogens with zero attached hydrogens (tertiary/aromatic N) is 1. The van der Waals surface area contributed by atoms with Crippen LogP contribution in [0.2, 0.25) is 0 Å². The zero-order valence-electron chi connectivity index (χ0n) is 17.7. The summed E-state index contributed by atoms with van der Waals surface area (Å²) >= 11 is 1.60. The number of hydrogen-bond donors (Lipinski definition) is 2. The molecule has 0 aliphatic heterocycles. The van der Waals surface area contributed by atoms with E-state index in [2.05, 4.69) is 5.32 Å². The molecule has 1 amide bonds. The normalized spacial score (nSPS) is 13.4. The van der Waals surface area contributed by atoms with Crippen LogP contribution in [0.5, 0.6) is 5.75 Å². The Balaban J connectivity index is 1.50. The summed E-state index contributed by atoms with van der Waals surface area (Å²) in [6, 6.07) is 21.4. The molecule has 0 radical (unpaired) electrons. The van der Waals surface area contributed by atoms with Gasteiger partial charge in [-0.25, -0.2) is 4.99 Å². The molecule has 1 aliphatic rings. The van der Waals surface area contributed by atoms with Gasteiger partial charge in [-0.15, -0.1) is 11.3 Å². The molecule has 2 N–H and O–H groups in total. The number of aliphatic imine (C=N–C) groups is 1. The number of hydrogen-bond acceptors (Lipinski definition) is 4. The molecule has 4 aromatic rings. The van der Waals surface area contributed by atoms with Gasteiger partial charge in [0.2, 0.25) is 0 Å². The summed E-state index contributed by atoms with van der Waals surface area (Å²) in [6.45, 7) is 0.484. The van der Waals surface area contributed by atoms with Crippen LogP contribution in [0.25, 0.3) is 10.8 Å². The summed E-state index contributed by atoms with van der Waals surface area (Å²) in [4.78, 5) is 19.2. The number of aryl methyl sites for hydroxylation is 1. The van der Waals surface area contributed by atoms with E-state index in [1.165, 1.54) is 4.88 Å². The third kappa shape index (κ3) is 4.04. The van der Waals surface area contributed by atoms with Gasteiger partial charge in [-0.2, -0.15) is 0 Å². The summed E-state index contributed by atoms with van der Waals surface area (Å²) in [5, 5.41) is 16.2. The first-order chi connectivity index (χ1) is 15.7. The minimum atomic E-state index is -0.0810. The van der Waals surface area contributed by atoms with E-state index in [1.807, 2.05) is 60.7 Å². The second-order valence-corrected chi connectivity index (χ2v) is 9.12. The molecule has 0 spiro atoms. The molecule has 3 aromatic carbocycles. The number of amides is 1. The lowest BCUT2D eigenvalue weighted by molar-refractivity contribution is 0.0951. The fourth-order valence-corrected chi connectivity index (χ4v) is 5.52. The Kier molecular flexibility index (Phi) is 5.73. The van der Waals surface area contributed by atoms with Crippen LogP contribution in [0.15, 0.2) is 71.7 Å². The maximum Gasteiger partial charge on any atom is 0.254 e. The second-order valence-electron chi connectivity index (χ2n) is 8.04. The van der Waals surface area contributed by atoms with E-state index in [-0.39, 0.29) is 11.7 Å². The zero-order valence-corrected chi connectivity index (χ0v) is 18.5. The van der Waals surface area contributed by atoms with Crippen molar-refractivity contribution >= 4 is 39.2 Å². The van der Waals surface area contributed by atoms with E-state index in [4.69, 9.17) is 4.99 Å². The third-order valence-electron chi connectivity index (χ3n) is 5.93. The fourth-order valence-electron chi connectivity index (χ4n) is 4.29. The number of benzene rings is 3. The smallest absolute Gasteiger partial charge is 0.254 e. The first-order valence-corrected chi connectivity index (χ1v) is 11.7. The number of nitrogens with one attached hydrogen (secondary N) is 1. The maximum absolute atomic E-state index is 13.2. The highest BCUT2D eigenvalue weighted by Crippen LogP contribution is 2.40. The van der Waals surface area contributed by atoms with E-state index in [1.54, 1.807) is 23.6 Å². The van der Waals surface area contributed by atoms with Crippen LogP contribution in [0.4, 0.5) is 5.00 Å². The first-order valence-electron chi connectivity index (χ1n) is 10.9. The summed E-state index contributed by atoms with van der Waals surface area (Å²) < 4.78 is 0. The number of thiophene rings is 1. The van der Waals surface area contributed by atoms with Gasteiger partial charge in [0.1, 0.15) is 10.8 Å². The van der Waals surface area contributed by atoms with Crippen molar-refractivity contribution in [2.75, 3.05) is 0 Å². The lowest BCUT2D eigenvalue weighted by Gasteiger charge is -2.13. The number of fused-ring (bicyclic) bond motifs is 2. The number of phenols is 1. The second kappa shape index (κ2) is 8.97. The van der Waals surface area contributed by atoms with Crippen molar-refractivity contribution in [1.82, 2.24) is 5.32 Å². The fraction of sp³-hybridized carbons (Fsp3) is 0.185. The van der Waals surface area contributed by atoms with Gasteiger partial charge in [-0.3, -0.25) is 4.79 Å². The molecular weight excluding hydrogens is 416 g/mol. The molecule has 0 saturated heterocycles. The minimum absolute atomic E-state index is 0.0810. The largest absolute Gasteiger partial charge is 0.507 e. The number of phenolic OH excluding ortho intramolecular Hbond substituents is 1. The van der Waals surface area contributed by atoms with Gasteiger partial charge in [0.15, 0.2) is 0 Å². The van der Waals surface area contributed by atoms with Crippen LogP contribution in [0.3, 0.4) is 0 Å². The van der Waals surface area contributed by atoms with E-state index in [0.29, 0.717) is 17.7 Å². The average molecular weight is 441 g/mol. The Labute approximate surface area is 191 Å². The van der Waals surface area contributed by atoms with E-state index in [0.717, 1.165) is 52.6 Å². The Hall–Kier alpha value is -3.44. The van der Waals surface area contributed by atoms with E-state index >= 15 is 0 Å². The van der Waals surface area contributed by atoms with Gasteiger partial charge in [-0.05, 0) is 53.6 Å². The molecule has 0 unspecified atom stereocenters. The number of aromatic hydroxyl groups is 1. The molecule has 4 nitrogen and oxygen atoms in total. The van der Waals surface area contributed by atoms with Crippen LogP contribution in [-0.4, -0.2) is 17.2 Å². The molecule has 0 saturated carbocycles. The molecule has 1 aliphatic carbocycles. The standard InChI is InChI=1S/C27H24N2O2S/c30-23-15-14-19-10-4-5-11-20(19)22(23)17-29-27-25(21-12-6-7-13-24(21)32-27)26(31)28-16-18-8-2-1-3-9-18/h1-5,8-11,14-15,17,30H,6-7,12-13,16H2,(H,28,31). The lowest BCUT2D eigenvalue weighted by Crippen LogP contribution is -2.24. The van der Waals surface area contributed by atoms with Crippen LogP contribution in [0, 0.1) is 0 Å². The summed E-state index contributed by atoms with van der Waals surface area (Å²) in [6.07, 6.45) is 5.84. The SMILES string of the molecule is O=C(NCc1ccccc1)c1c(N=Cc2c(O)ccc3ccccc23)sc2c1CCCC2. The van der Waals surface area contributed by atoms with Crippen LogP contribution in [-0.2, 0) is 19.4 Å². The van der Waals surface area contributed by atoms with Crippen molar-refractivity contribution in [2.24, 2.45) is 4.99 Å². The monoisotopic (exact) mass is 440 g/mol. The number of rotatable bonds is 5. The Bertz CT molecular complexity index is 1310. The molecule has 5 heteroatoms. The van der Waals surface area contributed by atoms with Gasteiger partial charge in [-0.1, -0.05) is 60.7 Å². The van der Waals surface area contributed by atoms with E-state index in [9.17, 15) is 9.90 Å². The summed E-state index contributed by atoms with van der Waals surface area (Å²) in [5.74, 6) is 0.103. The van der Waals surface area contributed by atoms with Gasteiger partial charge >= 0.3 is 0 Å². The highest BCUT2D eigenvalue weighted by molar-refractivity contribution is 7.16. The van der Waals surface area contributed by atoms with Crippen molar-refractivity contribution in [2.45, 2.75) is 32.2 Å². The summed E-state index contributed by atoms with van der Waals surface area (Å²) in [5.41, 5.74) is 3.57. The molecule has 1 aromatic heterocycles. The predicted molar refractivity (Wildman–Crippen MR) is 131 cm³/mol. The van der Waals surface area contributed by atoms with E-state index < -0.39 is 0 Å². The average Bonchev–Trinajstić information content (AvgIpc) is 3.21. The van der Waals surface area contributed by atoms with Crippen molar-refractivity contribution in [1.29, 1.82) is 0 Å². The van der Waals surface area contributed by atoms with Gasteiger partial charge in [0.05, 0.1) is 5.56 Å². The Morgan fingerprint density at radius 2 is 1.78 bits per heavy atom. The van der Waals surface area contributed by atoms with Gasteiger partial charge < -0.3 is 10.4 Å². The highest BCUT2D eigenvalue weighted by Gasteiger charge is 2.25. The zero-order chi connectivity index (χ0) is 21.9. The topological polar surface area (TPSA) is 61.7 Å². The quantitative estimate of drug-likeness (QED) is 0.365. The third-order valence-corrected chi connectivity index (χ3v) is 7.13. The first kappa shape index (κ1) is 20.5. The van der Waals surface area contributed by atoms with Crippen LogP contribution < -0.4 is 5.32 Å². The lowest BCUT2D eigenvalue weighted by atomic mass is 9.95. The molecule has 0 atom stereocenters. The molecule has 32 heavy (non-hydrogen) atoms. The Morgan fingerprint density at radius 3 is 2.66 bits per heavy atom. The van der Waals surface area contributed by atoms with Crippen molar-refractivity contribution in [3.05, 3.63) is 93.9 Å². The van der Waals surface area contributed by atoms with Gasteiger partial charge in [0.25, 0.3) is 5.91 Å². The van der Waals surface area contributed by atoms with Gasteiger partial charge in [0, 0.05) is 23.2 Å². The van der Waals surface area contributed by atoms with Crippen LogP contribution >= 0.6 is 11.3 Å². The molecule has 5 rings (SSSR count). The maximum atomic E-state index is 13.2. The minimum Gasteiger partial charge on any atom is -0.507 e. The molecular formula is C27H24N2O2S. The molecule has 0 fully saturated rings. The van der Waals surface area contributed by atoms with Crippen molar-refractivity contribution < 1.29 is 9.90 Å².